The third kappa shape index (κ3) is 4.86. The molecule has 0 unspecified atom stereocenters. The van der Waals surface area contributed by atoms with Crippen LogP contribution in [0.5, 0.6) is 11.6 Å². The molecule has 0 spiro atoms. The molecule has 0 aliphatic heterocycles. The van der Waals surface area contributed by atoms with Crippen LogP contribution in [0.25, 0.3) is 5.82 Å². The molecule has 12 heteroatoms. The van der Waals surface area contributed by atoms with E-state index in [1.54, 1.807) is 29.4 Å². The Morgan fingerprint density at radius 1 is 1.00 bits per heavy atom. The summed E-state index contributed by atoms with van der Waals surface area (Å²) in [5, 5.41) is 0. The number of aromatic nitrogens is 4. The maximum atomic E-state index is 12.9. The van der Waals surface area contributed by atoms with Crippen LogP contribution in [0, 0.1) is 0 Å². The lowest BCUT2D eigenvalue weighted by atomic mass is 10.2. The van der Waals surface area contributed by atoms with Gasteiger partial charge in [0.1, 0.15) is 24.2 Å². The van der Waals surface area contributed by atoms with Crippen molar-refractivity contribution in [1.29, 1.82) is 0 Å². The average Bonchev–Trinajstić information content (AvgIpc) is 3.30. The summed E-state index contributed by atoms with van der Waals surface area (Å²) in [4.78, 5) is 11.6. The van der Waals surface area contributed by atoms with E-state index in [0.29, 0.717) is 17.6 Å². The Hall–Kier alpha value is -3.93. The zero-order chi connectivity index (χ0) is 22.8. The van der Waals surface area contributed by atoms with E-state index in [1.165, 1.54) is 30.6 Å². The molecule has 0 aliphatic carbocycles. The molecule has 1 N–H and O–H groups in total. The molecule has 0 bridgehead atoms. The third-order valence-corrected chi connectivity index (χ3v) is 5.58. The Labute approximate surface area is 180 Å². The Bertz CT molecular complexity index is 1330. The quantitative estimate of drug-likeness (QED) is 0.460. The standard InChI is InChI=1S/C20H14F3N5O3S/c21-20(22,23)14-2-1-3-17(10-14)32(29,30)27-15-4-6-16(7-5-15)31-19-11-18(25-12-26-19)28-9-8-24-13-28/h1-13,27H. The van der Waals surface area contributed by atoms with Crippen molar-refractivity contribution < 1.29 is 26.3 Å². The van der Waals surface area contributed by atoms with Gasteiger partial charge in [-0.2, -0.15) is 13.2 Å². The van der Waals surface area contributed by atoms with E-state index in [9.17, 15) is 21.6 Å². The van der Waals surface area contributed by atoms with Gasteiger partial charge in [0.05, 0.1) is 10.5 Å². The van der Waals surface area contributed by atoms with Crippen molar-refractivity contribution in [2.45, 2.75) is 11.1 Å². The monoisotopic (exact) mass is 461 g/mol. The fourth-order valence-electron chi connectivity index (χ4n) is 2.69. The molecule has 4 rings (SSSR count). The first kappa shape index (κ1) is 21.3. The third-order valence-electron chi connectivity index (χ3n) is 4.20. The van der Waals surface area contributed by atoms with Crippen LogP contribution in [0.3, 0.4) is 0 Å². The van der Waals surface area contributed by atoms with Crippen molar-refractivity contribution in [2.75, 3.05) is 4.72 Å². The second-order valence-corrected chi connectivity index (χ2v) is 8.12. The maximum Gasteiger partial charge on any atom is 0.416 e. The molecular formula is C20H14F3N5O3S. The predicted molar refractivity (Wildman–Crippen MR) is 108 cm³/mol. The van der Waals surface area contributed by atoms with Gasteiger partial charge in [0.25, 0.3) is 10.0 Å². The minimum absolute atomic E-state index is 0.150. The van der Waals surface area contributed by atoms with Gasteiger partial charge in [-0.15, -0.1) is 0 Å². The van der Waals surface area contributed by atoms with Gasteiger partial charge in [0.15, 0.2) is 0 Å². The first-order chi connectivity index (χ1) is 15.2. The summed E-state index contributed by atoms with van der Waals surface area (Å²) in [7, 11) is -4.22. The molecule has 8 nitrogen and oxygen atoms in total. The summed E-state index contributed by atoms with van der Waals surface area (Å²) in [5.74, 6) is 1.15. The SMILES string of the molecule is O=S(=O)(Nc1ccc(Oc2cc(-n3ccnc3)ncn2)cc1)c1cccc(C(F)(F)F)c1. The highest BCUT2D eigenvalue weighted by molar-refractivity contribution is 7.92. The lowest BCUT2D eigenvalue weighted by molar-refractivity contribution is -0.137. The normalized spacial score (nSPS) is 11.8. The summed E-state index contributed by atoms with van der Waals surface area (Å²) in [5.41, 5.74) is -0.902. The molecule has 32 heavy (non-hydrogen) atoms. The predicted octanol–water partition coefficient (Wildman–Crippen LogP) is 4.27. The number of nitrogens with one attached hydrogen (secondary N) is 1. The zero-order valence-electron chi connectivity index (χ0n) is 16.1. The van der Waals surface area contributed by atoms with E-state index >= 15 is 0 Å². The number of rotatable bonds is 6. The fourth-order valence-corrected chi connectivity index (χ4v) is 3.79. The summed E-state index contributed by atoms with van der Waals surface area (Å²) in [6.45, 7) is 0. The van der Waals surface area contributed by atoms with Gasteiger partial charge in [-0.1, -0.05) is 6.07 Å². The number of anilines is 1. The Balaban J connectivity index is 1.48. The van der Waals surface area contributed by atoms with Gasteiger partial charge in [0, 0.05) is 24.1 Å². The van der Waals surface area contributed by atoms with Gasteiger partial charge >= 0.3 is 6.18 Å². The highest BCUT2D eigenvalue weighted by Crippen LogP contribution is 2.31. The lowest BCUT2D eigenvalue weighted by Crippen LogP contribution is -2.14. The molecule has 4 aromatic rings. The first-order valence-corrected chi connectivity index (χ1v) is 10.5. The van der Waals surface area contributed by atoms with E-state index in [2.05, 4.69) is 19.7 Å². The molecule has 0 amide bonds. The van der Waals surface area contributed by atoms with Crippen LogP contribution in [0.4, 0.5) is 18.9 Å². The minimum Gasteiger partial charge on any atom is -0.439 e. The number of ether oxygens (including phenoxy) is 1. The van der Waals surface area contributed by atoms with E-state index in [0.717, 1.165) is 18.2 Å². The highest BCUT2D eigenvalue weighted by atomic mass is 32.2. The number of nitrogens with zero attached hydrogens (tertiary/aromatic N) is 4. The Kier molecular flexibility index (Phi) is 5.53. The summed E-state index contributed by atoms with van der Waals surface area (Å²) in [6.07, 6.45) is 1.54. The van der Waals surface area contributed by atoms with Crippen LogP contribution in [-0.2, 0) is 16.2 Å². The number of sulfonamides is 1. The first-order valence-electron chi connectivity index (χ1n) is 8.99. The Morgan fingerprint density at radius 3 is 2.47 bits per heavy atom. The second-order valence-electron chi connectivity index (χ2n) is 6.44. The van der Waals surface area contributed by atoms with Crippen LogP contribution in [-0.4, -0.2) is 27.9 Å². The van der Waals surface area contributed by atoms with Gasteiger partial charge < -0.3 is 4.74 Å². The fraction of sp³-hybridized carbons (Fsp3) is 0.0500. The smallest absolute Gasteiger partial charge is 0.416 e. The number of halogens is 3. The molecule has 2 heterocycles. The lowest BCUT2D eigenvalue weighted by Gasteiger charge is -2.12. The van der Waals surface area contributed by atoms with Crippen LogP contribution in [0.15, 0.2) is 84.5 Å². The summed E-state index contributed by atoms with van der Waals surface area (Å²) < 4.78 is 73.1. The van der Waals surface area contributed by atoms with Crippen molar-refractivity contribution in [1.82, 2.24) is 19.5 Å². The maximum absolute atomic E-state index is 12.9. The highest BCUT2D eigenvalue weighted by Gasteiger charge is 2.31. The number of imidazole rings is 1. The summed E-state index contributed by atoms with van der Waals surface area (Å²) >= 11 is 0. The topological polar surface area (TPSA) is 99.0 Å². The largest absolute Gasteiger partial charge is 0.439 e. The van der Waals surface area contributed by atoms with Gasteiger partial charge in [-0.25, -0.2) is 23.4 Å². The van der Waals surface area contributed by atoms with Crippen LogP contribution >= 0.6 is 0 Å². The van der Waals surface area contributed by atoms with Crippen LogP contribution < -0.4 is 9.46 Å². The van der Waals surface area contributed by atoms with Crippen molar-refractivity contribution in [3.8, 4) is 17.4 Å². The molecule has 164 valence electrons. The van der Waals surface area contributed by atoms with Crippen LogP contribution in [0.2, 0.25) is 0 Å². The molecule has 0 radical (unpaired) electrons. The molecule has 0 atom stereocenters. The second kappa shape index (κ2) is 8.30. The van der Waals surface area contributed by atoms with E-state index in [-0.39, 0.29) is 11.6 Å². The number of hydrogen-bond acceptors (Lipinski definition) is 6. The Morgan fingerprint density at radius 2 is 1.78 bits per heavy atom. The number of alkyl halides is 3. The van der Waals surface area contributed by atoms with Crippen molar-refractivity contribution in [3.05, 3.63) is 85.2 Å². The van der Waals surface area contributed by atoms with Crippen molar-refractivity contribution >= 4 is 15.7 Å². The molecule has 2 aromatic heterocycles. The van der Waals surface area contributed by atoms with Crippen LogP contribution in [0.1, 0.15) is 5.56 Å². The molecule has 2 aromatic carbocycles. The summed E-state index contributed by atoms with van der Waals surface area (Å²) in [6, 6.07) is 10.9. The number of benzene rings is 2. The zero-order valence-corrected chi connectivity index (χ0v) is 16.9. The van der Waals surface area contributed by atoms with Crippen molar-refractivity contribution in [3.63, 3.8) is 0 Å². The molecular weight excluding hydrogens is 447 g/mol. The van der Waals surface area contributed by atoms with E-state index < -0.39 is 26.7 Å². The molecule has 0 aliphatic rings. The minimum atomic E-state index is -4.65. The van der Waals surface area contributed by atoms with E-state index in [4.69, 9.17) is 4.74 Å². The van der Waals surface area contributed by atoms with Gasteiger partial charge in [0.2, 0.25) is 5.88 Å². The van der Waals surface area contributed by atoms with Gasteiger partial charge in [-0.3, -0.25) is 9.29 Å². The van der Waals surface area contributed by atoms with E-state index in [1.807, 2.05) is 0 Å². The molecule has 0 saturated carbocycles. The molecule has 0 fully saturated rings. The average molecular weight is 461 g/mol. The molecule has 0 saturated heterocycles. The van der Waals surface area contributed by atoms with Gasteiger partial charge in [-0.05, 0) is 42.5 Å². The van der Waals surface area contributed by atoms with Crippen molar-refractivity contribution in [2.24, 2.45) is 0 Å². The number of hydrogen-bond donors (Lipinski definition) is 1.